The number of hydrogen-bond acceptors (Lipinski definition) is 3. The molecular formula is C11H21N3O3. The first-order valence-electron chi connectivity index (χ1n) is 6.00. The first kappa shape index (κ1) is 13.6. The van der Waals surface area contributed by atoms with Gasteiger partial charge in [-0.25, -0.2) is 9.59 Å². The van der Waals surface area contributed by atoms with Crippen molar-refractivity contribution in [2.24, 2.45) is 0 Å². The number of nitrogens with one attached hydrogen (secondary N) is 1. The molecule has 98 valence electrons. The van der Waals surface area contributed by atoms with E-state index in [9.17, 15) is 9.59 Å². The summed E-state index contributed by atoms with van der Waals surface area (Å²) in [7, 11) is 1.34. The van der Waals surface area contributed by atoms with Crippen molar-refractivity contribution in [3.63, 3.8) is 0 Å². The molecule has 0 saturated carbocycles. The average Bonchev–Trinajstić information content (AvgIpc) is 2.78. The maximum absolute atomic E-state index is 12.0. The van der Waals surface area contributed by atoms with Crippen LogP contribution >= 0.6 is 0 Å². The Balaban J connectivity index is 2.44. The molecule has 1 saturated heterocycles. The lowest BCUT2D eigenvalue weighted by atomic mass is 10.3. The standard InChI is InChI=1S/C11H21N3O3/c1-4-13(5-2)11(16)14-7-6-9(8-14)12-10(15)17-3/h9H,4-8H2,1-3H3,(H,12,15). The van der Waals surface area contributed by atoms with E-state index in [1.807, 2.05) is 13.8 Å². The van der Waals surface area contributed by atoms with E-state index in [0.29, 0.717) is 26.2 Å². The smallest absolute Gasteiger partial charge is 0.407 e. The summed E-state index contributed by atoms with van der Waals surface area (Å²) >= 11 is 0. The van der Waals surface area contributed by atoms with Gasteiger partial charge in [-0.3, -0.25) is 0 Å². The van der Waals surface area contributed by atoms with Gasteiger partial charge in [0.15, 0.2) is 0 Å². The normalized spacial score (nSPS) is 19.0. The van der Waals surface area contributed by atoms with E-state index in [1.54, 1.807) is 9.80 Å². The maximum atomic E-state index is 12.0. The maximum Gasteiger partial charge on any atom is 0.407 e. The molecule has 0 bridgehead atoms. The third kappa shape index (κ3) is 3.51. The van der Waals surface area contributed by atoms with Crippen molar-refractivity contribution in [3.8, 4) is 0 Å². The Morgan fingerprint density at radius 1 is 1.41 bits per heavy atom. The van der Waals surface area contributed by atoms with E-state index in [4.69, 9.17) is 0 Å². The summed E-state index contributed by atoms with van der Waals surface area (Å²) in [4.78, 5) is 26.6. The molecule has 1 fully saturated rings. The molecule has 0 radical (unpaired) electrons. The molecule has 1 atom stereocenters. The van der Waals surface area contributed by atoms with Gasteiger partial charge in [-0.05, 0) is 20.3 Å². The molecule has 0 aromatic heterocycles. The van der Waals surface area contributed by atoms with Crippen LogP contribution in [0.15, 0.2) is 0 Å². The molecule has 1 N–H and O–H groups in total. The quantitative estimate of drug-likeness (QED) is 0.800. The zero-order valence-electron chi connectivity index (χ0n) is 10.7. The highest BCUT2D eigenvalue weighted by atomic mass is 16.5. The second-order valence-electron chi connectivity index (χ2n) is 4.02. The first-order valence-corrected chi connectivity index (χ1v) is 6.00. The van der Waals surface area contributed by atoms with Gasteiger partial charge in [0, 0.05) is 26.2 Å². The Bertz CT molecular complexity index is 279. The molecule has 1 rings (SSSR count). The number of alkyl carbamates (subject to hydrolysis) is 1. The summed E-state index contributed by atoms with van der Waals surface area (Å²) in [6.07, 6.45) is 0.342. The second kappa shape index (κ2) is 6.32. The van der Waals surface area contributed by atoms with Crippen molar-refractivity contribution in [2.75, 3.05) is 33.3 Å². The van der Waals surface area contributed by atoms with Gasteiger partial charge < -0.3 is 19.9 Å². The monoisotopic (exact) mass is 243 g/mol. The van der Waals surface area contributed by atoms with Crippen LogP contribution in [0, 0.1) is 0 Å². The number of hydrogen-bond donors (Lipinski definition) is 1. The fraction of sp³-hybridized carbons (Fsp3) is 0.818. The molecule has 3 amide bonds. The van der Waals surface area contributed by atoms with E-state index in [1.165, 1.54) is 7.11 Å². The molecule has 6 heteroatoms. The van der Waals surface area contributed by atoms with Crippen molar-refractivity contribution in [1.82, 2.24) is 15.1 Å². The van der Waals surface area contributed by atoms with Gasteiger partial charge >= 0.3 is 12.1 Å². The van der Waals surface area contributed by atoms with Crippen molar-refractivity contribution < 1.29 is 14.3 Å². The number of urea groups is 1. The zero-order valence-corrected chi connectivity index (χ0v) is 10.7. The van der Waals surface area contributed by atoms with Gasteiger partial charge in [-0.2, -0.15) is 0 Å². The number of amides is 3. The molecule has 6 nitrogen and oxygen atoms in total. The lowest BCUT2D eigenvalue weighted by Crippen LogP contribution is -2.44. The third-order valence-electron chi connectivity index (χ3n) is 3.00. The lowest BCUT2D eigenvalue weighted by Gasteiger charge is -2.25. The predicted molar refractivity (Wildman–Crippen MR) is 63.8 cm³/mol. The topological polar surface area (TPSA) is 61.9 Å². The highest BCUT2D eigenvalue weighted by Crippen LogP contribution is 2.11. The minimum Gasteiger partial charge on any atom is -0.453 e. The van der Waals surface area contributed by atoms with Crippen molar-refractivity contribution >= 4 is 12.1 Å². The molecule has 1 aliphatic rings. The van der Waals surface area contributed by atoms with Crippen molar-refractivity contribution in [3.05, 3.63) is 0 Å². The van der Waals surface area contributed by atoms with Gasteiger partial charge in [0.25, 0.3) is 0 Å². The summed E-state index contributed by atoms with van der Waals surface area (Å²) in [5, 5.41) is 2.71. The minimum absolute atomic E-state index is 0.00182. The number of methoxy groups -OCH3 is 1. The first-order chi connectivity index (χ1) is 8.12. The summed E-state index contributed by atoms with van der Waals surface area (Å²) in [6.45, 7) is 6.58. The van der Waals surface area contributed by atoms with Crippen LogP contribution in [0.4, 0.5) is 9.59 Å². The van der Waals surface area contributed by atoms with Gasteiger partial charge in [-0.1, -0.05) is 0 Å². The lowest BCUT2D eigenvalue weighted by molar-refractivity contribution is 0.160. The van der Waals surface area contributed by atoms with E-state index in [-0.39, 0.29) is 12.1 Å². The van der Waals surface area contributed by atoms with Crippen LogP contribution in [0.25, 0.3) is 0 Å². The number of carbonyl (C=O) groups is 2. The summed E-state index contributed by atoms with van der Waals surface area (Å²) in [5.74, 6) is 0. The van der Waals surface area contributed by atoms with Gasteiger partial charge in [0.05, 0.1) is 13.2 Å². The van der Waals surface area contributed by atoms with Crippen molar-refractivity contribution in [1.29, 1.82) is 0 Å². The van der Waals surface area contributed by atoms with Gasteiger partial charge in [-0.15, -0.1) is 0 Å². The van der Waals surface area contributed by atoms with E-state index >= 15 is 0 Å². The fourth-order valence-corrected chi connectivity index (χ4v) is 1.97. The van der Waals surface area contributed by atoms with E-state index < -0.39 is 6.09 Å². The summed E-state index contributed by atoms with van der Waals surface area (Å²) < 4.78 is 4.53. The van der Waals surface area contributed by atoms with Gasteiger partial charge in [0.2, 0.25) is 0 Å². The zero-order chi connectivity index (χ0) is 12.8. The number of ether oxygens (including phenoxy) is 1. The van der Waals surface area contributed by atoms with Crippen LogP contribution in [0.2, 0.25) is 0 Å². The summed E-state index contributed by atoms with van der Waals surface area (Å²) in [6, 6.07) is 0.0473. The molecule has 17 heavy (non-hydrogen) atoms. The van der Waals surface area contributed by atoms with Crippen LogP contribution in [-0.2, 0) is 4.74 Å². The fourth-order valence-electron chi connectivity index (χ4n) is 1.97. The van der Waals surface area contributed by atoms with E-state index in [2.05, 4.69) is 10.1 Å². The third-order valence-corrected chi connectivity index (χ3v) is 3.00. The van der Waals surface area contributed by atoms with Crippen LogP contribution in [0.5, 0.6) is 0 Å². The molecular weight excluding hydrogens is 222 g/mol. The average molecular weight is 243 g/mol. The van der Waals surface area contributed by atoms with Gasteiger partial charge in [0.1, 0.15) is 0 Å². The number of rotatable bonds is 3. The van der Waals surface area contributed by atoms with Crippen LogP contribution < -0.4 is 5.32 Å². The minimum atomic E-state index is -0.438. The van der Waals surface area contributed by atoms with Crippen molar-refractivity contribution in [2.45, 2.75) is 26.3 Å². The van der Waals surface area contributed by atoms with Crippen LogP contribution in [0.1, 0.15) is 20.3 Å². The predicted octanol–water partition coefficient (Wildman–Crippen LogP) is 0.879. The Morgan fingerprint density at radius 2 is 2.06 bits per heavy atom. The molecule has 0 aromatic carbocycles. The number of carbonyl (C=O) groups excluding carboxylic acids is 2. The SMILES string of the molecule is CCN(CC)C(=O)N1CCC(NC(=O)OC)C1. The Kier molecular flexibility index (Phi) is 5.06. The molecule has 0 aromatic rings. The number of likely N-dealkylation sites (tertiary alicyclic amines) is 1. The molecule has 0 aliphatic carbocycles. The second-order valence-corrected chi connectivity index (χ2v) is 4.02. The summed E-state index contributed by atoms with van der Waals surface area (Å²) in [5.41, 5.74) is 0. The Labute approximate surface area is 102 Å². The molecule has 1 aliphatic heterocycles. The Hall–Kier alpha value is -1.46. The molecule has 1 heterocycles. The molecule has 0 spiro atoms. The molecule has 1 unspecified atom stereocenters. The largest absolute Gasteiger partial charge is 0.453 e. The Morgan fingerprint density at radius 3 is 2.59 bits per heavy atom. The highest BCUT2D eigenvalue weighted by Gasteiger charge is 2.29. The van der Waals surface area contributed by atoms with Crippen LogP contribution in [-0.4, -0.2) is 61.3 Å². The van der Waals surface area contributed by atoms with E-state index in [0.717, 1.165) is 6.42 Å². The highest BCUT2D eigenvalue weighted by molar-refractivity contribution is 5.75. The van der Waals surface area contributed by atoms with Crippen LogP contribution in [0.3, 0.4) is 0 Å². The number of nitrogens with zero attached hydrogens (tertiary/aromatic N) is 2.